The van der Waals surface area contributed by atoms with Crippen LogP contribution in [0.4, 0.5) is 0 Å². The zero-order valence-electron chi connectivity index (χ0n) is 14.9. The standard InChI is InChI=1S/C21H30O3/c1-2-23-21(22)12-8-9-17-24-20-15-13-19(14-16-20)18-10-6-4-3-5-7-11-18/h10,13-16H,2-9,11-12,17H2,1H3. The Morgan fingerprint density at radius 2 is 1.83 bits per heavy atom. The van der Waals surface area contributed by atoms with Crippen molar-refractivity contribution in [1.82, 2.24) is 0 Å². The van der Waals surface area contributed by atoms with E-state index in [2.05, 4.69) is 30.3 Å². The maximum atomic E-state index is 11.2. The van der Waals surface area contributed by atoms with Gasteiger partial charge in [-0.25, -0.2) is 0 Å². The fraction of sp³-hybridized carbons (Fsp3) is 0.571. The second kappa shape index (κ2) is 10.9. The van der Waals surface area contributed by atoms with Crippen LogP contribution in [0.2, 0.25) is 0 Å². The van der Waals surface area contributed by atoms with E-state index in [4.69, 9.17) is 9.47 Å². The van der Waals surface area contributed by atoms with Gasteiger partial charge in [-0.15, -0.1) is 0 Å². The molecule has 0 atom stereocenters. The van der Waals surface area contributed by atoms with E-state index in [1.165, 1.54) is 49.7 Å². The fourth-order valence-corrected chi connectivity index (χ4v) is 3.01. The molecule has 3 nitrogen and oxygen atoms in total. The first kappa shape index (κ1) is 18.6. The number of unbranched alkanes of at least 4 members (excludes halogenated alkanes) is 1. The van der Waals surface area contributed by atoms with Gasteiger partial charge < -0.3 is 9.47 Å². The molecule has 0 fully saturated rings. The fourth-order valence-electron chi connectivity index (χ4n) is 3.01. The normalized spacial score (nSPS) is 15.1. The van der Waals surface area contributed by atoms with E-state index in [-0.39, 0.29) is 5.97 Å². The molecule has 0 unspecified atom stereocenters. The van der Waals surface area contributed by atoms with Crippen LogP contribution in [0.25, 0.3) is 5.57 Å². The van der Waals surface area contributed by atoms with Crippen LogP contribution < -0.4 is 4.74 Å². The van der Waals surface area contributed by atoms with Crippen LogP contribution in [0.3, 0.4) is 0 Å². The summed E-state index contributed by atoms with van der Waals surface area (Å²) in [6, 6.07) is 8.45. The molecule has 0 N–H and O–H groups in total. The topological polar surface area (TPSA) is 35.5 Å². The van der Waals surface area contributed by atoms with Crippen LogP contribution in [-0.4, -0.2) is 19.2 Å². The van der Waals surface area contributed by atoms with E-state index in [0.717, 1.165) is 18.6 Å². The number of carbonyl (C=O) groups excluding carboxylic acids is 1. The molecular weight excluding hydrogens is 300 g/mol. The molecule has 1 aromatic carbocycles. The molecule has 0 bridgehead atoms. The molecule has 0 aliphatic heterocycles. The van der Waals surface area contributed by atoms with Crippen molar-refractivity contribution in [2.45, 2.75) is 64.7 Å². The molecule has 3 heteroatoms. The van der Waals surface area contributed by atoms with Gasteiger partial charge in [0.25, 0.3) is 0 Å². The van der Waals surface area contributed by atoms with Gasteiger partial charge >= 0.3 is 5.97 Å². The van der Waals surface area contributed by atoms with Crippen molar-refractivity contribution in [3.63, 3.8) is 0 Å². The van der Waals surface area contributed by atoms with Crippen LogP contribution in [0.1, 0.15) is 70.3 Å². The highest BCUT2D eigenvalue weighted by atomic mass is 16.5. The summed E-state index contributed by atoms with van der Waals surface area (Å²) in [6.07, 6.45) is 12.3. The molecule has 0 radical (unpaired) electrons. The first-order valence-electron chi connectivity index (χ1n) is 9.37. The highest BCUT2D eigenvalue weighted by Crippen LogP contribution is 2.26. The van der Waals surface area contributed by atoms with Crippen LogP contribution in [0.5, 0.6) is 5.75 Å². The second-order valence-corrected chi connectivity index (χ2v) is 6.32. The molecule has 1 aliphatic rings. The van der Waals surface area contributed by atoms with Crippen LogP contribution in [0.15, 0.2) is 30.3 Å². The Kier molecular flexibility index (Phi) is 8.43. The molecule has 1 aliphatic carbocycles. The minimum atomic E-state index is -0.116. The molecule has 0 saturated carbocycles. The number of hydrogen-bond acceptors (Lipinski definition) is 3. The van der Waals surface area contributed by atoms with Gasteiger partial charge in [0.1, 0.15) is 5.75 Å². The largest absolute Gasteiger partial charge is 0.494 e. The molecule has 132 valence electrons. The number of rotatable bonds is 8. The van der Waals surface area contributed by atoms with Gasteiger partial charge in [0.15, 0.2) is 0 Å². The van der Waals surface area contributed by atoms with Crippen LogP contribution in [-0.2, 0) is 9.53 Å². The summed E-state index contributed by atoms with van der Waals surface area (Å²) in [7, 11) is 0. The molecular formula is C21H30O3. The molecule has 2 rings (SSSR count). The highest BCUT2D eigenvalue weighted by Gasteiger charge is 2.05. The van der Waals surface area contributed by atoms with E-state index in [0.29, 0.717) is 19.6 Å². The van der Waals surface area contributed by atoms with E-state index >= 15 is 0 Å². The Balaban J connectivity index is 1.72. The lowest BCUT2D eigenvalue weighted by Gasteiger charge is -2.12. The monoisotopic (exact) mass is 330 g/mol. The van der Waals surface area contributed by atoms with Gasteiger partial charge in [0, 0.05) is 6.42 Å². The van der Waals surface area contributed by atoms with Crippen molar-refractivity contribution in [2.24, 2.45) is 0 Å². The number of allylic oxidation sites excluding steroid dienone is 2. The van der Waals surface area contributed by atoms with E-state index in [1.54, 1.807) is 0 Å². The predicted molar refractivity (Wildman–Crippen MR) is 98.1 cm³/mol. The lowest BCUT2D eigenvalue weighted by molar-refractivity contribution is -0.143. The zero-order chi connectivity index (χ0) is 17.0. The van der Waals surface area contributed by atoms with Crippen molar-refractivity contribution < 1.29 is 14.3 Å². The summed E-state index contributed by atoms with van der Waals surface area (Å²) in [5, 5.41) is 0. The number of esters is 1. The number of hydrogen-bond donors (Lipinski definition) is 0. The minimum Gasteiger partial charge on any atom is -0.494 e. The van der Waals surface area contributed by atoms with Crippen molar-refractivity contribution in [3.8, 4) is 5.75 Å². The third kappa shape index (κ3) is 6.77. The van der Waals surface area contributed by atoms with E-state index < -0.39 is 0 Å². The predicted octanol–water partition coefficient (Wildman–Crippen LogP) is 5.54. The molecule has 0 spiro atoms. The lowest BCUT2D eigenvalue weighted by atomic mass is 9.95. The van der Waals surface area contributed by atoms with Crippen molar-refractivity contribution in [3.05, 3.63) is 35.9 Å². The first-order chi connectivity index (χ1) is 11.8. The van der Waals surface area contributed by atoms with Gasteiger partial charge in [0.05, 0.1) is 13.2 Å². The van der Waals surface area contributed by atoms with Crippen molar-refractivity contribution in [2.75, 3.05) is 13.2 Å². The summed E-state index contributed by atoms with van der Waals surface area (Å²) in [5.74, 6) is 0.788. The Labute approximate surface area is 146 Å². The number of carbonyl (C=O) groups is 1. The third-order valence-electron chi connectivity index (χ3n) is 4.37. The number of ether oxygens (including phenoxy) is 2. The third-order valence-corrected chi connectivity index (χ3v) is 4.37. The summed E-state index contributed by atoms with van der Waals surface area (Å²) in [4.78, 5) is 11.2. The summed E-state index contributed by atoms with van der Waals surface area (Å²) < 4.78 is 10.7. The summed E-state index contributed by atoms with van der Waals surface area (Å²) >= 11 is 0. The second-order valence-electron chi connectivity index (χ2n) is 6.32. The van der Waals surface area contributed by atoms with Gasteiger partial charge in [-0.05, 0) is 68.7 Å². The maximum Gasteiger partial charge on any atom is 0.305 e. The average molecular weight is 330 g/mol. The Hall–Kier alpha value is -1.77. The highest BCUT2D eigenvalue weighted by molar-refractivity contribution is 5.69. The van der Waals surface area contributed by atoms with E-state index in [9.17, 15) is 4.79 Å². The molecule has 0 saturated heterocycles. The van der Waals surface area contributed by atoms with Gasteiger partial charge in [-0.1, -0.05) is 31.1 Å². The maximum absolute atomic E-state index is 11.2. The average Bonchev–Trinajstić information content (AvgIpc) is 2.55. The Morgan fingerprint density at radius 3 is 2.62 bits per heavy atom. The van der Waals surface area contributed by atoms with Gasteiger partial charge in [-0.2, -0.15) is 0 Å². The molecule has 1 aromatic rings. The van der Waals surface area contributed by atoms with Gasteiger partial charge in [0.2, 0.25) is 0 Å². The van der Waals surface area contributed by atoms with Gasteiger partial charge in [-0.3, -0.25) is 4.79 Å². The zero-order valence-corrected chi connectivity index (χ0v) is 14.9. The summed E-state index contributed by atoms with van der Waals surface area (Å²) in [5.41, 5.74) is 2.81. The molecule has 0 heterocycles. The van der Waals surface area contributed by atoms with Crippen LogP contribution >= 0.6 is 0 Å². The van der Waals surface area contributed by atoms with Crippen molar-refractivity contribution >= 4 is 11.5 Å². The Morgan fingerprint density at radius 1 is 1.04 bits per heavy atom. The lowest BCUT2D eigenvalue weighted by Crippen LogP contribution is -2.05. The number of benzene rings is 1. The molecule has 0 aromatic heterocycles. The quantitative estimate of drug-likeness (QED) is 0.464. The van der Waals surface area contributed by atoms with Crippen LogP contribution in [0, 0.1) is 0 Å². The van der Waals surface area contributed by atoms with E-state index in [1.807, 2.05) is 6.92 Å². The smallest absolute Gasteiger partial charge is 0.305 e. The molecule has 24 heavy (non-hydrogen) atoms. The minimum absolute atomic E-state index is 0.116. The SMILES string of the molecule is CCOC(=O)CCCCOc1ccc(C2=CCCCCCC2)cc1. The first-order valence-corrected chi connectivity index (χ1v) is 9.37. The summed E-state index contributed by atoms with van der Waals surface area (Å²) in [6.45, 7) is 2.93. The molecule has 0 amide bonds. The Bertz CT molecular complexity index is 516. The van der Waals surface area contributed by atoms with Crippen molar-refractivity contribution in [1.29, 1.82) is 0 Å².